The molecule has 3 rings (SSSR count). The van der Waals surface area contributed by atoms with E-state index in [0.29, 0.717) is 18.6 Å². The minimum atomic E-state index is -0.106. The van der Waals surface area contributed by atoms with Crippen molar-refractivity contribution >= 4 is 16.6 Å². The van der Waals surface area contributed by atoms with Crippen LogP contribution in [0.1, 0.15) is 6.42 Å². The van der Waals surface area contributed by atoms with Gasteiger partial charge in [0.05, 0.1) is 13.2 Å². The lowest BCUT2D eigenvalue weighted by Crippen LogP contribution is -2.27. The summed E-state index contributed by atoms with van der Waals surface area (Å²) < 4.78 is 6.70. The van der Waals surface area contributed by atoms with E-state index < -0.39 is 0 Å². The molecule has 1 saturated heterocycles. The Hall–Kier alpha value is -1.94. The molecule has 2 aromatic rings. The fourth-order valence-corrected chi connectivity index (χ4v) is 2.44. The van der Waals surface area contributed by atoms with Gasteiger partial charge >= 0.3 is 0 Å². The third-order valence-electron chi connectivity index (χ3n) is 3.60. The Morgan fingerprint density at radius 3 is 2.95 bits per heavy atom. The first-order valence-electron chi connectivity index (χ1n) is 6.44. The molecule has 1 atom stereocenters. The zero-order valence-corrected chi connectivity index (χ0v) is 10.5. The van der Waals surface area contributed by atoms with Crippen LogP contribution >= 0.6 is 0 Å². The number of hydrogen-bond acceptors (Lipinski definition) is 3. The van der Waals surface area contributed by atoms with Crippen molar-refractivity contribution in [2.75, 3.05) is 13.2 Å². The molecule has 0 radical (unpaired) electrons. The third kappa shape index (κ3) is 2.31. The summed E-state index contributed by atoms with van der Waals surface area (Å²) in [5, 5.41) is 1.56. The predicted octanol–water partition coefficient (Wildman–Crippen LogP) is 1.61. The van der Waals surface area contributed by atoms with Gasteiger partial charge in [-0.25, -0.2) is 0 Å². The molecule has 0 bridgehead atoms. The molecule has 1 aliphatic heterocycles. The number of carbonyl (C=O) groups excluding carboxylic acids is 1. The maximum atomic E-state index is 12.3. The zero-order valence-electron chi connectivity index (χ0n) is 10.5. The van der Waals surface area contributed by atoms with Crippen LogP contribution < -0.4 is 5.56 Å². The summed E-state index contributed by atoms with van der Waals surface area (Å²) in [6.45, 7) is 1.27. The molecule has 1 aromatic heterocycles. The molecule has 0 spiro atoms. The minimum Gasteiger partial charge on any atom is -0.381 e. The Bertz CT molecular complexity index is 668. The Kier molecular flexibility index (Phi) is 3.17. The number of nitrogens with zero attached hydrogens (tertiary/aromatic N) is 1. The molecular weight excluding hydrogens is 242 g/mol. The minimum absolute atomic E-state index is 0.0571. The number of rotatable bonds is 3. The van der Waals surface area contributed by atoms with E-state index in [4.69, 9.17) is 4.74 Å². The Morgan fingerprint density at radius 1 is 1.32 bits per heavy atom. The van der Waals surface area contributed by atoms with Crippen LogP contribution in [0.2, 0.25) is 0 Å². The fourth-order valence-electron chi connectivity index (χ4n) is 2.44. The van der Waals surface area contributed by atoms with E-state index in [1.165, 1.54) is 4.57 Å². The Balaban J connectivity index is 1.91. The topological polar surface area (TPSA) is 48.3 Å². The summed E-state index contributed by atoms with van der Waals surface area (Å²) in [6.07, 6.45) is 2.46. The fraction of sp³-hybridized carbons (Fsp3) is 0.333. The number of fused-ring (bicyclic) bond motifs is 1. The van der Waals surface area contributed by atoms with Crippen LogP contribution in [0.15, 0.2) is 41.3 Å². The summed E-state index contributed by atoms with van der Waals surface area (Å²) in [4.78, 5) is 24.3. The first-order chi connectivity index (χ1) is 9.25. The standard InChI is InChI=1S/C15H15NO3/c17-14(12-6-8-19-10-12)9-16-7-5-11-3-1-2-4-13(11)15(16)18/h1-5,7,12H,6,8-10H2. The van der Waals surface area contributed by atoms with Crippen LogP contribution in [0.4, 0.5) is 0 Å². The highest BCUT2D eigenvalue weighted by Crippen LogP contribution is 2.14. The highest BCUT2D eigenvalue weighted by molar-refractivity contribution is 5.83. The zero-order chi connectivity index (χ0) is 13.2. The molecule has 4 nitrogen and oxygen atoms in total. The third-order valence-corrected chi connectivity index (χ3v) is 3.60. The van der Waals surface area contributed by atoms with Crippen molar-refractivity contribution in [3.05, 3.63) is 46.9 Å². The molecule has 0 amide bonds. The van der Waals surface area contributed by atoms with Gasteiger partial charge in [0, 0.05) is 24.1 Å². The molecule has 98 valence electrons. The number of hydrogen-bond donors (Lipinski definition) is 0. The second kappa shape index (κ2) is 4.97. The molecule has 1 aliphatic rings. The van der Waals surface area contributed by atoms with Crippen molar-refractivity contribution in [1.29, 1.82) is 0 Å². The van der Waals surface area contributed by atoms with Crippen molar-refractivity contribution < 1.29 is 9.53 Å². The van der Waals surface area contributed by atoms with Gasteiger partial charge in [-0.05, 0) is 23.9 Å². The number of ketones is 1. The van der Waals surface area contributed by atoms with Crippen LogP contribution in [0.25, 0.3) is 10.8 Å². The summed E-state index contributed by atoms with van der Waals surface area (Å²) >= 11 is 0. The van der Waals surface area contributed by atoms with Gasteiger partial charge < -0.3 is 9.30 Å². The highest BCUT2D eigenvalue weighted by Gasteiger charge is 2.23. The molecule has 0 aliphatic carbocycles. The van der Waals surface area contributed by atoms with Gasteiger partial charge in [-0.1, -0.05) is 18.2 Å². The Labute approximate surface area is 110 Å². The SMILES string of the molecule is O=C(Cn1ccc2ccccc2c1=O)C1CCOC1. The van der Waals surface area contributed by atoms with Crippen LogP contribution in [0.3, 0.4) is 0 Å². The lowest BCUT2D eigenvalue weighted by molar-refractivity contribution is -0.123. The molecule has 19 heavy (non-hydrogen) atoms. The van der Waals surface area contributed by atoms with E-state index in [0.717, 1.165) is 11.8 Å². The average Bonchev–Trinajstić information content (AvgIpc) is 2.96. The maximum Gasteiger partial charge on any atom is 0.258 e. The van der Waals surface area contributed by atoms with E-state index >= 15 is 0 Å². The molecule has 1 unspecified atom stereocenters. The molecular formula is C15H15NO3. The predicted molar refractivity (Wildman–Crippen MR) is 72.1 cm³/mol. The average molecular weight is 257 g/mol. The first kappa shape index (κ1) is 12.1. The quantitative estimate of drug-likeness (QED) is 0.839. The summed E-state index contributed by atoms with van der Waals surface area (Å²) in [7, 11) is 0. The number of aromatic nitrogens is 1. The van der Waals surface area contributed by atoms with E-state index in [2.05, 4.69) is 0 Å². The lowest BCUT2D eigenvalue weighted by atomic mass is 10.0. The van der Waals surface area contributed by atoms with E-state index in [-0.39, 0.29) is 23.8 Å². The molecule has 0 saturated carbocycles. The van der Waals surface area contributed by atoms with Gasteiger partial charge in [-0.2, -0.15) is 0 Å². The second-order valence-corrected chi connectivity index (χ2v) is 4.86. The Morgan fingerprint density at radius 2 is 2.16 bits per heavy atom. The van der Waals surface area contributed by atoms with Gasteiger partial charge in [-0.3, -0.25) is 9.59 Å². The summed E-state index contributed by atoms with van der Waals surface area (Å²) in [5.74, 6) is 0.0215. The molecule has 1 aromatic carbocycles. The summed E-state index contributed by atoms with van der Waals surface area (Å²) in [6, 6.07) is 9.29. The van der Waals surface area contributed by atoms with E-state index in [1.54, 1.807) is 12.3 Å². The number of carbonyl (C=O) groups is 1. The normalized spacial score (nSPS) is 18.8. The van der Waals surface area contributed by atoms with Crippen molar-refractivity contribution in [1.82, 2.24) is 4.57 Å². The van der Waals surface area contributed by atoms with E-state index in [9.17, 15) is 9.59 Å². The number of ether oxygens (including phenoxy) is 1. The highest BCUT2D eigenvalue weighted by atomic mass is 16.5. The van der Waals surface area contributed by atoms with Crippen molar-refractivity contribution in [2.45, 2.75) is 13.0 Å². The largest absolute Gasteiger partial charge is 0.381 e. The van der Waals surface area contributed by atoms with Gasteiger partial charge in [-0.15, -0.1) is 0 Å². The second-order valence-electron chi connectivity index (χ2n) is 4.86. The summed E-state index contributed by atoms with van der Waals surface area (Å²) in [5.41, 5.74) is -0.106. The number of pyridine rings is 1. The van der Waals surface area contributed by atoms with Crippen LogP contribution in [-0.2, 0) is 16.1 Å². The van der Waals surface area contributed by atoms with Crippen LogP contribution in [-0.4, -0.2) is 23.6 Å². The van der Waals surface area contributed by atoms with E-state index in [1.807, 2.05) is 24.3 Å². The van der Waals surface area contributed by atoms with Gasteiger partial charge in [0.15, 0.2) is 5.78 Å². The molecule has 1 fully saturated rings. The smallest absolute Gasteiger partial charge is 0.258 e. The molecule has 4 heteroatoms. The first-order valence-corrected chi connectivity index (χ1v) is 6.44. The maximum absolute atomic E-state index is 12.3. The van der Waals surface area contributed by atoms with Crippen molar-refractivity contribution in [3.8, 4) is 0 Å². The molecule has 2 heterocycles. The number of Topliss-reactive ketones (excluding diaryl/α,β-unsaturated/α-hetero) is 1. The molecule has 0 N–H and O–H groups in total. The lowest BCUT2D eigenvalue weighted by Gasteiger charge is -2.09. The van der Waals surface area contributed by atoms with Gasteiger partial charge in [0.25, 0.3) is 5.56 Å². The van der Waals surface area contributed by atoms with Crippen molar-refractivity contribution in [2.24, 2.45) is 5.92 Å². The van der Waals surface area contributed by atoms with Gasteiger partial charge in [0.1, 0.15) is 0 Å². The van der Waals surface area contributed by atoms with Crippen LogP contribution in [0.5, 0.6) is 0 Å². The van der Waals surface area contributed by atoms with Gasteiger partial charge in [0.2, 0.25) is 0 Å². The van der Waals surface area contributed by atoms with Crippen LogP contribution in [0, 0.1) is 5.92 Å². The monoisotopic (exact) mass is 257 g/mol. The number of benzene rings is 1. The van der Waals surface area contributed by atoms with Crippen molar-refractivity contribution in [3.63, 3.8) is 0 Å².